The highest BCUT2D eigenvalue weighted by molar-refractivity contribution is 8.00. The molecule has 3 heterocycles. The largest absolute Gasteiger partial charge is 0.481 e. The molecule has 2 aliphatic heterocycles. The van der Waals surface area contributed by atoms with Gasteiger partial charge in [-0.1, -0.05) is 29.9 Å². The number of likely N-dealkylation sites (tertiary alicyclic amines) is 1. The Hall–Kier alpha value is -2.46. The number of aromatic nitrogens is 1. The number of rotatable bonds is 7. The van der Waals surface area contributed by atoms with E-state index in [1.165, 1.54) is 28.4 Å². The lowest BCUT2D eigenvalue weighted by Crippen LogP contribution is -2.42. The first-order valence-electron chi connectivity index (χ1n) is 12.1. The van der Waals surface area contributed by atoms with Crippen molar-refractivity contribution in [2.75, 3.05) is 6.54 Å². The van der Waals surface area contributed by atoms with Crippen molar-refractivity contribution >= 4 is 40.9 Å². The molecule has 2 aliphatic carbocycles. The number of aromatic amines is 1. The van der Waals surface area contributed by atoms with E-state index >= 15 is 0 Å². The summed E-state index contributed by atoms with van der Waals surface area (Å²) in [5.74, 6) is -1.91. The first-order valence-corrected chi connectivity index (χ1v) is 13.8. The van der Waals surface area contributed by atoms with Gasteiger partial charge in [0.15, 0.2) is 0 Å². The molecule has 6 rings (SSSR count). The van der Waals surface area contributed by atoms with E-state index in [9.17, 15) is 23.6 Å². The number of unbranched alkanes of at least 4 members (excludes halogenated alkanes) is 2. The second-order valence-electron chi connectivity index (χ2n) is 10.0. The maximum absolute atomic E-state index is 13.7. The van der Waals surface area contributed by atoms with Crippen molar-refractivity contribution in [1.29, 1.82) is 0 Å². The average molecular weight is 517 g/mol. The number of thioether (sulfide) groups is 1. The number of imide groups is 1. The van der Waals surface area contributed by atoms with Gasteiger partial charge in [0.05, 0.1) is 16.9 Å². The molecular weight excluding hydrogens is 491 g/mol. The average Bonchev–Trinajstić information content (AvgIpc) is 3.54. The number of aliphatic carboxylic acids is 1. The summed E-state index contributed by atoms with van der Waals surface area (Å²) < 4.78 is 13.7. The Morgan fingerprint density at radius 1 is 1.06 bits per heavy atom. The number of thiazole rings is 1. The van der Waals surface area contributed by atoms with E-state index in [0.717, 1.165) is 21.9 Å². The van der Waals surface area contributed by atoms with E-state index in [2.05, 4.69) is 4.98 Å². The monoisotopic (exact) mass is 516 g/mol. The van der Waals surface area contributed by atoms with Crippen LogP contribution in [0.25, 0.3) is 0 Å². The van der Waals surface area contributed by atoms with Crippen LogP contribution in [0.3, 0.4) is 0 Å². The van der Waals surface area contributed by atoms with Crippen LogP contribution in [-0.4, -0.2) is 44.6 Å². The SMILES string of the molecule is O=C(O)CCCCCN1C(=O)[C@@H]2[C@H]3C[C@@H]([C@H]4Sc5[nH]c(=O)sc5[C@H](c5ccc(F)cc5)[C@@H]34)[C@H]2C1=O. The van der Waals surface area contributed by atoms with Crippen molar-refractivity contribution in [1.82, 2.24) is 9.88 Å². The van der Waals surface area contributed by atoms with Gasteiger partial charge >= 0.3 is 10.8 Å². The number of hydrogen-bond acceptors (Lipinski definition) is 6. The molecule has 7 nitrogen and oxygen atoms in total. The van der Waals surface area contributed by atoms with Gasteiger partial charge in [0, 0.05) is 29.0 Å². The van der Waals surface area contributed by atoms with E-state index in [1.807, 2.05) is 0 Å². The number of hydrogen-bond donors (Lipinski definition) is 2. The summed E-state index contributed by atoms with van der Waals surface area (Å²) >= 11 is 2.83. The van der Waals surface area contributed by atoms with Crippen LogP contribution < -0.4 is 4.87 Å². The fourth-order valence-electron chi connectivity index (χ4n) is 7.07. The molecule has 1 aromatic heterocycles. The Balaban J connectivity index is 1.28. The van der Waals surface area contributed by atoms with Crippen molar-refractivity contribution in [2.45, 2.75) is 48.3 Å². The molecule has 10 heteroatoms. The number of halogens is 1. The highest BCUT2D eigenvalue weighted by atomic mass is 32.2. The van der Waals surface area contributed by atoms with E-state index in [0.29, 0.717) is 25.8 Å². The van der Waals surface area contributed by atoms with E-state index in [4.69, 9.17) is 5.11 Å². The maximum atomic E-state index is 13.7. The molecule has 2 amide bonds. The number of benzene rings is 1. The second kappa shape index (κ2) is 8.58. The Morgan fingerprint density at radius 2 is 1.77 bits per heavy atom. The summed E-state index contributed by atoms with van der Waals surface area (Å²) in [6.45, 7) is 0.342. The summed E-state index contributed by atoms with van der Waals surface area (Å²) in [6.07, 6.45) is 2.71. The van der Waals surface area contributed by atoms with Crippen molar-refractivity contribution in [2.24, 2.45) is 29.6 Å². The second-order valence-corrected chi connectivity index (χ2v) is 12.2. The number of H-pyrrole nitrogens is 1. The minimum Gasteiger partial charge on any atom is -0.481 e. The number of carboxylic acid groups (broad SMARTS) is 1. The number of nitrogens with zero attached hydrogens (tertiary/aromatic N) is 1. The quantitative estimate of drug-likeness (QED) is 0.429. The molecule has 0 radical (unpaired) electrons. The zero-order chi connectivity index (χ0) is 24.4. The predicted octanol–water partition coefficient (Wildman–Crippen LogP) is 3.69. The number of carboxylic acids is 1. The molecule has 1 saturated heterocycles. The molecule has 0 unspecified atom stereocenters. The van der Waals surface area contributed by atoms with Gasteiger partial charge in [-0.15, -0.1) is 11.8 Å². The molecule has 35 heavy (non-hydrogen) atoms. The van der Waals surface area contributed by atoms with E-state index < -0.39 is 5.97 Å². The third-order valence-corrected chi connectivity index (χ3v) is 10.9. The van der Waals surface area contributed by atoms with Crippen LogP contribution in [0, 0.1) is 35.4 Å². The third-order valence-electron chi connectivity index (χ3n) is 8.32. The maximum Gasteiger partial charge on any atom is 0.305 e. The number of carbonyl (C=O) groups is 3. The van der Waals surface area contributed by atoms with Crippen LogP contribution in [-0.2, 0) is 14.4 Å². The highest BCUT2D eigenvalue weighted by Gasteiger charge is 2.69. The fraction of sp³-hybridized carbons (Fsp3) is 0.520. The topological polar surface area (TPSA) is 108 Å². The molecule has 2 saturated carbocycles. The molecule has 184 valence electrons. The summed E-state index contributed by atoms with van der Waals surface area (Å²) in [4.78, 5) is 55.0. The van der Waals surface area contributed by atoms with Gasteiger partial charge in [-0.05, 0) is 54.7 Å². The van der Waals surface area contributed by atoms with Gasteiger partial charge in [0.1, 0.15) is 5.82 Å². The fourth-order valence-corrected chi connectivity index (χ4v) is 9.95. The van der Waals surface area contributed by atoms with Crippen LogP contribution in [0.15, 0.2) is 34.1 Å². The first-order chi connectivity index (χ1) is 16.8. The zero-order valence-corrected chi connectivity index (χ0v) is 20.4. The third kappa shape index (κ3) is 3.59. The highest BCUT2D eigenvalue weighted by Crippen LogP contribution is 2.68. The van der Waals surface area contributed by atoms with Crippen molar-refractivity contribution in [3.05, 3.63) is 50.2 Å². The summed E-state index contributed by atoms with van der Waals surface area (Å²) in [5.41, 5.74) is 0.939. The van der Waals surface area contributed by atoms with Gasteiger partial charge < -0.3 is 10.1 Å². The van der Waals surface area contributed by atoms with Gasteiger partial charge in [-0.3, -0.25) is 24.1 Å². The van der Waals surface area contributed by atoms with Crippen LogP contribution in [0.5, 0.6) is 0 Å². The van der Waals surface area contributed by atoms with Gasteiger partial charge in [-0.2, -0.15) is 0 Å². The number of amides is 2. The van der Waals surface area contributed by atoms with Crippen LogP contribution in [0.1, 0.15) is 48.5 Å². The van der Waals surface area contributed by atoms with Crippen molar-refractivity contribution < 1.29 is 23.9 Å². The van der Waals surface area contributed by atoms with Crippen LogP contribution in [0.4, 0.5) is 4.39 Å². The number of nitrogens with one attached hydrogen (secondary N) is 1. The minimum atomic E-state index is -0.838. The van der Waals surface area contributed by atoms with Crippen LogP contribution >= 0.6 is 23.1 Å². The molecular formula is C25H25FN2O5S2. The van der Waals surface area contributed by atoms with E-state index in [1.54, 1.807) is 23.9 Å². The normalized spacial score (nSPS) is 32.6. The van der Waals surface area contributed by atoms with Gasteiger partial charge in [-0.25, -0.2) is 4.39 Å². The Kier molecular flexibility index (Phi) is 5.63. The molecule has 2 aromatic rings. The Labute approximate surface area is 209 Å². The lowest BCUT2D eigenvalue weighted by Gasteiger charge is -2.43. The smallest absolute Gasteiger partial charge is 0.305 e. The zero-order valence-electron chi connectivity index (χ0n) is 18.8. The van der Waals surface area contributed by atoms with E-state index in [-0.39, 0.29) is 69.7 Å². The molecule has 1 aromatic carbocycles. The molecule has 3 fully saturated rings. The van der Waals surface area contributed by atoms with Crippen molar-refractivity contribution in [3.63, 3.8) is 0 Å². The minimum absolute atomic E-state index is 0.0383. The first kappa shape index (κ1) is 23.0. The summed E-state index contributed by atoms with van der Waals surface area (Å²) in [7, 11) is 0. The van der Waals surface area contributed by atoms with Gasteiger partial charge in [0.2, 0.25) is 11.8 Å². The number of carbonyl (C=O) groups excluding carboxylic acids is 2. The standard InChI is InChI=1S/C25H25FN2O5S2/c26-12-7-5-11(6-8-12)16-17-13-10-14(20(17)34-22-21(16)35-25(33)27-22)19-18(13)23(31)28(24(19)32)9-3-1-2-4-15(29)30/h5-8,13-14,16-20H,1-4,9-10H2,(H,27,33)(H,29,30)/t13-,14+,16+,17+,18+,19+,20+/m0/s1. The van der Waals surface area contributed by atoms with Gasteiger partial charge in [0.25, 0.3) is 0 Å². The Morgan fingerprint density at radius 3 is 2.49 bits per heavy atom. The number of fused-ring (bicyclic) bond motifs is 9. The lowest BCUT2D eigenvalue weighted by molar-refractivity contribution is -0.141. The van der Waals surface area contributed by atoms with Crippen molar-refractivity contribution in [3.8, 4) is 0 Å². The predicted molar refractivity (Wildman–Crippen MR) is 128 cm³/mol. The Bertz CT molecular complexity index is 1260. The summed E-state index contributed by atoms with van der Waals surface area (Å²) in [5, 5.41) is 9.76. The molecule has 4 aliphatic rings. The lowest BCUT2D eigenvalue weighted by atomic mass is 9.68. The molecule has 0 spiro atoms. The molecule has 2 bridgehead atoms. The summed E-state index contributed by atoms with van der Waals surface area (Å²) in [6, 6.07) is 6.42. The van der Waals surface area contributed by atoms with Crippen LogP contribution in [0.2, 0.25) is 0 Å². The molecule has 2 N–H and O–H groups in total. The molecule has 7 atom stereocenters.